The third kappa shape index (κ3) is 4.13. The van der Waals surface area contributed by atoms with Crippen molar-refractivity contribution >= 4 is 5.97 Å². The van der Waals surface area contributed by atoms with Gasteiger partial charge in [0.25, 0.3) is 0 Å². The summed E-state index contributed by atoms with van der Waals surface area (Å²) >= 11 is 0. The number of halogens is 1. The lowest BCUT2D eigenvalue weighted by molar-refractivity contribution is -0.141. The maximum Gasteiger partial charge on any atom is 0.307 e. The molecule has 1 aromatic heterocycles. The molecule has 0 bridgehead atoms. The molecule has 2 rings (SSSR count). The molecule has 5 nitrogen and oxygen atoms in total. The molecule has 0 aliphatic rings. The molecule has 0 aliphatic heterocycles. The highest BCUT2D eigenvalue weighted by atomic mass is 19.1. The van der Waals surface area contributed by atoms with E-state index >= 15 is 0 Å². The lowest BCUT2D eigenvalue weighted by atomic mass is 10.2. The first-order valence-electron chi connectivity index (χ1n) is 6.57. The SMILES string of the molecule is CC(CN(C)Cc1coc(-c2ccc(F)cc2)n1)C(=O)O. The highest BCUT2D eigenvalue weighted by Gasteiger charge is 2.15. The fraction of sp³-hybridized carbons (Fsp3) is 0.333. The van der Waals surface area contributed by atoms with E-state index in [4.69, 9.17) is 9.52 Å². The molecule has 1 unspecified atom stereocenters. The Balaban J connectivity index is 2.00. The van der Waals surface area contributed by atoms with E-state index in [2.05, 4.69) is 4.98 Å². The van der Waals surface area contributed by atoms with Crippen molar-refractivity contribution in [1.82, 2.24) is 9.88 Å². The van der Waals surface area contributed by atoms with Crippen LogP contribution in [0, 0.1) is 11.7 Å². The van der Waals surface area contributed by atoms with Gasteiger partial charge in [0.2, 0.25) is 5.89 Å². The molecule has 0 fully saturated rings. The van der Waals surface area contributed by atoms with Crippen molar-refractivity contribution in [3.63, 3.8) is 0 Å². The summed E-state index contributed by atoms with van der Waals surface area (Å²) < 4.78 is 18.2. The number of hydrogen-bond acceptors (Lipinski definition) is 4. The molecule has 0 amide bonds. The Kier molecular flexibility index (Phi) is 4.70. The Hall–Kier alpha value is -2.21. The Morgan fingerprint density at radius 3 is 2.71 bits per heavy atom. The van der Waals surface area contributed by atoms with Crippen LogP contribution in [0.4, 0.5) is 4.39 Å². The molecule has 1 atom stereocenters. The normalized spacial score (nSPS) is 12.6. The van der Waals surface area contributed by atoms with E-state index in [1.807, 2.05) is 11.9 Å². The summed E-state index contributed by atoms with van der Waals surface area (Å²) in [7, 11) is 1.83. The van der Waals surface area contributed by atoms with Crippen molar-refractivity contribution in [3.8, 4) is 11.5 Å². The molecule has 1 N–H and O–H groups in total. The van der Waals surface area contributed by atoms with Gasteiger partial charge in [-0.2, -0.15) is 0 Å². The van der Waals surface area contributed by atoms with Crippen molar-refractivity contribution in [2.24, 2.45) is 5.92 Å². The zero-order valence-corrected chi connectivity index (χ0v) is 11.9. The zero-order chi connectivity index (χ0) is 15.4. The van der Waals surface area contributed by atoms with Gasteiger partial charge in [-0.15, -0.1) is 0 Å². The van der Waals surface area contributed by atoms with E-state index in [-0.39, 0.29) is 5.82 Å². The number of benzene rings is 1. The van der Waals surface area contributed by atoms with Crippen molar-refractivity contribution in [3.05, 3.63) is 42.0 Å². The summed E-state index contributed by atoms with van der Waals surface area (Å²) in [5.41, 5.74) is 1.40. The minimum absolute atomic E-state index is 0.312. The molecular formula is C15H17FN2O3. The topological polar surface area (TPSA) is 66.6 Å². The van der Waals surface area contributed by atoms with Crippen LogP contribution in [-0.4, -0.2) is 34.6 Å². The van der Waals surface area contributed by atoms with Gasteiger partial charge in [0.1, 0.15) is 12.1 Å². The monoisotopic (exact) mass is 292 g/mol. The first-order valence-corrected chi connectivity index (χ1v) is 6.57. The predicted octanol–water partition coefficient (Wildman–Crippen LogP) is 2.63. The fourth-order valence-corrected chi connectivity index (χ4v) is 1.99. The summed E-state index contributed by atoms with van der Waals surface area (Å²) in [5, 5.41) is 8.88. The number of carboxylic acids is 1. The van der Waals surface area contributed by atoms with Crippen LogP contribution in [0.15, 0.2) is 34.9 Å². The lowest BCUT2D eigenvalue weighted by Crippen LogP contribution is -2.28. The number of aliphatic carboxylic acids is 1. The number of nitrogens with zero attached hydrogens (tertiary/aromatic N) is 2. The third-order valence-electron chi connectivity index (χ3n) is 3.08. The van der Waals surface area contributed by atoms with Crippen molar-refractivity contribution in [1.29, 1.82) is 0 Å². The van der Waals surface area contributed by atoms with E-state index in [0.29, 0.717) is 30.2 Å². The Labute approximate surface area is 122 Å². The van der Waals surface area contributed by atoms with Crippen LogP contribution >= 0.6 is 0 Å². The van der Waals surface area contributed by atoms with Gasteiger partial charge >= 0.3 is 5.97 Å². The first-order chi connectivity index (χ1) is 9.95. The Morgan fingerprint density at radius 1 is 1.43 bits per heavy atom. The van der Waals surface area contributed by atoms with Crippen molar-refractivity contribution in [2.75, 3.05) is 13.6 Å². The van der Waals surface area contributed by atoms with Crippen LogP contribution in [0.5, 0.6) is 0 Å². The van der Waals surface area contributed by atoms with Gasteiger partial charge in [0, 0.05) is 18.7 Å². The smallest absolute Gasteiger partial charge is 0.307 e. The molecule has 0 radical (unpaired) electrons. The molecule has 1 heterocycles. The number of oxazole rings is 1. The maximum absolute atomic E-state index is 12.9. The molecule has 0 saturated heterocycles. The summed E-state index contributed by atoms with van der Waals surface area (Å²) in [6, 6.07) is 5.89. The number of aromatic nitrogens is 1. The molecular weight excluding hydrogens is 275 g/mol. The van der Waals surface area contributed by atoms with Crippen LogP contribution in [0.25, 0.3) is 11.5 Å². The summed E-state index contributed by atoms with van der Waals surface area (Å²) in [6.07, 6.45) is 1.53. The molecule has 2 aromatic rings. The highest BCUT2D eigenvalue weighted by Crippen LogP contribution is 2.19. The molecule has 21 heavy (non-hydrogen) atoms. The van der Waals surface area contributed by atoms with Gasteiger partial charge in [-0.1, -0.05) is 6.92 Å². The van der Waals surface area contributed by atoms with Crippen molar-refractivity contribution in [2.45, 2.75) is 13.5 Å². The van der Waals surface area contributed by atoms with E-state index < -0.39 is 11.9 Å². The van der Waals surface area contributed by atoms with E-state index in [9.17, 15) is 9.18 Å². The zero-order valence-electron chi connectivity index (χ0n) is 11.9. The minimum atomic E-state index is -0.825. The van der Waals surface area contributed by atoms with Gasteiger partial charge in [0.05, 0.1) is 11.6 Å². The Bertz CT molecular complexity index is 610. The van der Waals surface area contributed by atoms with Crippen molar-refractivity contribution < 1.29 is 18.7 Å². The first kappa shape index (κ1) is 15.2. The molecule has 0 saturated carbocycles. The number of carbonyl (C=O) groups is 1. The fourth-order valence-electron chi connectivity index (χ4n) is 1.99. The molecule has 0 aliphatic carbocycles. The molecule has 6 heteroatoms. The number of hydrogen-bond donors (Lipinski definition) is 1. The third-order valence-corrected chi connectivity index (χ3v) is 3.08. The lowest BCUT2D eigenvalue weighted by Gasteiger charge is -2.17. The van der Waals surface area contributed by atoms with Crippen LogP contribution in [0.1, 0.15) is 12.6 Å². The van der Waals surface area contributed by atoms with Gasteiger partial charge in [-0.3, -0.25) is 9.69 Å². The van der Waals surface area contributed by atoms with Gasteiger partial charge in [-0.05, 0) is 31.3 Å². The summed E-state index contributed by atoms with van der Waals surface area (Å²) in [4.78, 5) is 17.0. The minimum Gasteiger partial charge on any atom is -0.481 e. The maximum atomic E-state index is 12.9. The van der Waals surface area contributed by atoms with Crippen LogP contribution in [-0.2, 0) is 11.3 Å². The second kappa shape index (κ2) is 6.49. The highest BCUT2D eigenvalue weighted by molar-refractivity contribution is 5.69. The predicted molar refractivity (Wildman–Crippen MR) is 75.0 cm³/mol. The van der Waals surface area contributed by atoms with Gasteiger partial charge in [-0.25, -0.2) is 9.37 Å². The Morgan fingerprint density at radius 2 is 2.10 bits per heavy atom. The second-order valence-electron chi connectivity index (χ2n) is 5.09. The largest absolute Gasteiger partial charge is 0.481 e. The van der Waals surface area contributed by atoms with Crippen LogP contribution in [0.3, 0.4) is 0 Å². The summed E-state index contributed by atoms with van der Waals surface area (Å²) in [5.74, 6) is -1.16. The summed E-state index contributed by atoms with van der Waals surface area (Å²) in [6.45, 7) is 2.57. The molecule has 112 valence electrons. The molecule has 1 aromatic carbocycles. The number of rotatable bonds is 6. The number of carboxylic acid groups (broad SMARTS) is 1. The average molecular weight is 292 g/mol. The van der Waals surface area contributed by atoms with E-state index in [1.54, 1.807) is 19.1 Å². The van der Waals surface area contributed by atoms with Crippen LogP contribution in [0.2, 0.25) is 0 Å². The average Bonchev–Trinajstić information content (AvgIpc) is 2.87. The van der Waals surface area contributed by atoms with E-state index in [1.165, 1.54) is 18.4 Å². The second-order valence-corrected chi connectivity index (χ2v) is 5.09. The van der Waals surface area contributed by atoms with Crippen LogP contribution < -0.4 is 0 Å². The van der Waals surface area contributed by atoms with E-state index in [0.717, 1.165) is 0 Å². The van der Waals surface area contributed by atoms with Gasteiger partial charge < -0.3 is 9.52 Å². The quantitative estimate of drug-likeness (QED) is 0.886. The van der Waals surface area contributed by atoms with Gasteiger partial charge in [0.15, 0.2) is 0 Å². The standard InChI is InChI=1S/C15H17FN2O3/c1-10(15(19)20)7-18(2)8-13-9-21-14(17-13)11-3-5-12(16)6-4-11/h3-6,9-10H,7-8H2,1-2H3,(H,19,20). The molecule has 0 spiro atoms.